The Labute approximate surface area is 85.3 Å². The predicted molar refractivity (Wildman–Crippen MR) is 48.7 cm³/mol. The Hall–Kier alpha value is -1.49. The van der Waals surface area contributed by atoms with Gasteiger partial charge >= 0.3 is 5.97 Å². The molecule has 3 nitrogen and oxygen atoms in total. The van der Waals surface area contributed by atoms with Crippen molar-refractivity contribution in [1.82, 2.24) is 0 Å². The van der Waals surface area contributed by atoms with Gasteiger partial charge in [0.05, 0.1) is 19.3 Å². The van der Waals surface area contributed by atoms with E-state index in [4.69, 9.17) is 5.11 Å². The second kappa shape index (κ2) is 4.84. The molecule has 5 heteroatoms. The molecule has 0 saturated carbocycles. The zero-order chi connectivity index (χ0) is 11.4. The van der Waals surface area contributed by atoms with Gasteiger partial charge in [0.2, 0.25) is 0 Å². The maximum absolute atomic E-state index is 12.6. The van der Waals surface area contributed by atoms with Gasteiger partial charge in [-0.25, -0.2) is 13.6 Å². The molecular formula is C10H10F2O3. The van der Waals surface area contributed by atoms with Crippen LogP contribution in [0.5, 0.6) is 0 Å². The normalized spacial score (nSPS) is 10.5. The van der Waals surface area contributed by atoms with Gasteiger partial charge in [0.1, 0.15) is 0 Å². The van der Waals surface area contributed by atoms with Gasteiger partial charge in [0, 0.05) is 5.56 Å². The summed E-state index contributed by atoms with van der Waals surface area (Å²) in [6.07, 6.45) is -2.77. The van der Waals surface area contributed by atoms with Crippen LogP contribution in [0.1, 0.15) is 27.9 Å². The summed E-state index contributed by atoms with van der Waals surface area (Å²) in [6.45, 7) is -0.346. The molecule has 0 aliphatic heterocycles. The van der Waals surface area contributed by atoms with Crippen molar-refractivity contribution >= 4 is 5.97 Å². The highest BCUT2D eigenvalue weighted by molar-refractivity contribution is 5.91. The maximum Gasteiger partial charge on any atom is 0.338 e. The van der Waals surface area contributed by atoms with Crippen LogP contribution in [0.4, 0.5) is 8.78 Å². The number of rotatable bonds is 3. The molecule has 0 heterocycles. The van der Waals surface area contributed by atoms with Gasteiger partial charge in [-0.3, -0.25) is 0 Å². The molecule has 0 unspecified atom stereocenters. The molecule has 0 aromatic heterocycles. The van der Waals surface area contributed by atoms with Crippen molar-refractivity contribution in [3.63, 3.8) is 0 Å². The third-order valence-corrected chi connectivity index (χ3v) is 1.94. The fourth-order valence-corrected chi connectivity index (χ4v) is 1.19. The Balaban J connectivity index is 3.21. The van der Waals surface area contributed by atoms with Crippen molar-refractivity contribution in [2.75, 3.05) is 7.11 Å². The molecule has 0 atom stereocenters. The topological polar surface area (TPSA) is 46.5 Å². The summed E-state index contributed by atoms with van der Waals surface area (Å²) in [5, 5.41) is 8.77. The fourth-order valence-electron chi connectivity index (χ4n) is 1.19. The molecule has 82 valence electrons. The fraction of sp³-hybridized carbons (Fsp3) is 0.300. The van der Waals surface area contributed by atoms with Crippen LogP contribution >= 0.6 is 0 Å². The van der Waals surface area contributed by atoms with Crippen LogP contribution < -0.4 is 0 Å². The summed E-state index contributed by atoms with van der Waals surface area (Å²) >= 11 is 0. The van der Waals surface area contributed by atoms with Crippen LogP contribution in [-0.4, -0.2) is 18.2 Å². The molecule has 0 aliphatic carbocycles. The highest BCUT2D eigenvalue weighted by Crippen LogP contribution is 2.24. The van der Waals surface area contributed by atoms with E-state index in [1.807, 2.05) is 0 Å². The Morgan fingerprint density at radius 1 is 1.53 bits per heavy atom. The van der Waals surface area contributed by atoms with Crippen LogP contribution in [0, 0.1) is 0 Å². The number of benzene rings is 1. The number of hydrogen-bond donors (Lipinski definition) is 1. The first-order valence-corrected chi connectivity index (χ1v) is 4.20. The molecule has 1 rings (SSSR count). The van der Waals surface area contributed by atoms with Gasteiger partial charge in [-0.1, -0.05) is 6.07 Å². The van der Waals surface area contributed by atoms with Crippen LogP contribution in [0.2, 0.25) is 0 Å². The van der Waals surface area contributed by atoms with Crippen LogP contribution in [0.15, 0.2) is 18.2 Å². The second-order valence-corrected chi connectivity index (χ2v) is 2.87. The third kappa shape index (κ3) is 2.50. The average Bonchev–Trinajstić information content (AvgIpc) is 2.27. The number of alkyl halides is 2. The van der Waals surface area contributed by atoms with Gasteiger partial charge in [0.15, 0.2) is 0 Å². The highest BCUT2D eigenvalue weighted by Gasteiger charge is 2.19. The number of halogens is 2. The number of carbonyl (C=O) groups is 1. The first-order chi connectivity index (χ1) is 7.10. The van der Waals surface area contributed by atoms with Gasteiger partial charge in [-0.2, -0.15) is 0 Å². The minimum atomic E-state index is -2.77. The number of hydrogen-bond acceptors (Lipinski definition) is 3. The van der Waals surface area contributed by atoms with Crippen molar-refractivity contribution in [3.8, 4) is 0 Å². The summed E-state index contributed by atoms with van der Waals surface area (Å²) in [7, 11) is 1.12. The molecule has 0 saturated heterocycles. The SMILES string of the molecule is COC(=O)c1ccc(CO)cc1C(F)F. The first-order valence-electron chi connectivity index (χ1n) is 4.20. The molecule has 1 N–H and O–H groups in total. The van der Waals surface area contributed by atoms with Gasteiger partial charge in [-0.05, 0) is 17.7 Å². The lowest BCUT2D eigenvalue weighted by molar-refractivity contribution is 0.0589. The van der Waals surface area contributed by atoms with Crippen molar-refractivity contribution in [2.24, 2.45) is 0 Å². The lowest BCUT2D eigenvalue weighted by Gasteiger charge is -2.08. The Morgan fingerprint density at radius 2 is 2.20 bits per heavy atom. The summed E-state index contributed by atoms with van der Waals surface area (Å²) in [5.41, 5.74) is -0.268. The zero-order valence-electron chi connectivity index (χ0n) is 8.04. The molecule has 0 aliphatic rings. The van der Waals surface area contributed by atoms with E-state index in [0.29, 0.717) is 5.56 Å². The number of methoxy groups -OCH3 is 1. The third-order valence-electron chi connectivity index (χ3n) is 1.94. The lowest BCUT2D eigenvalue weighted by atomic mass is 10.0. The minimum absolute atomic E-state index is 0.176. The standard InChI is InChI=1S/C10H10F2O3/c1-15-10(14)7-3-2-6(5-13)4-8(7)9(11)12/h2-4,9,13H,5H2,1H3. The van der Waals surface area contributed by atoms with Crippen molar-refractivity contribution < 1.29 is 23.4 Å². The molecule has 0 spiro atoms. The summed E-state index contributed by atoms with van der Waals surface area (Å²) < 4.78 is 29.5. The molecular weight excluding hydrogens is 206 g/mol. The highest BCUT2D eigenvalue weighted by atomic mass is 19.3. The summed E-state index contributed by atoms with van der Waals surface area (Å²) in [5.74, 6) is -0.810. The smallest absolute Gasteiger partial charge is 0.338 e. The Kier molecular flexibility index (Phi) is 3.74. The quantitative estimate of drug-likeness (QED) is 0.785. The second-order valence-electron chi connectivity index (χ2n) is 2.87. The Morgan fingerprint density at radius 3 is 2.67 bits per heavy atom. The van der Waals surface area contributed by atoms with E-state index in [2.05, 4.69) is 4.74 Å². The predicted octanol–water partition coefficient (Wildman–Crippen LogP) is 1.90. The number of ether oxygens (including phenoxy) is 1. The van der Waals surface area contributed by atoms with E-state index in [-0.39, 0.29) is 12.2 Å². The molecule has 0 amide bonds. The van der Waals surface area contributed by atoms with E-state index in [1.165, 1.54) is 12.1 Å². The van der Waals surface area contributed by atoms with E-state index >= 15 is 0 Å². The van der Waals surface area contributed by atoms with E-state index < -0.39 is 18.0 Å². The summed E-state index contributed by atoms with van der Waals surface area (Å²) in [4.78, 5) is 11.1. The van der Waals surface area contributed by atoms with Crippen molar-refractivity contribution in [3.05, 3.63) is 34.9 Å². The first kappa shape index (κ1) is 11.6. The number of carbonyl (C=O) groups excluding carboxylic acids is 1. The lowest BCUT2D eigenvalue weighted by Crippen LogP contribution is -2.06. The van der Waals surface area contributed by atoms with Gasteiger partial charge in [-0.15, -0.1) is 0 Å². The maximum atomic E-state index is 12.6. The van der Waals surface area contributed by atoms with Crippen LogP contribution in [0.3, 0.4) is 0 Å². The number of aliphatic hydroxyl groups is 1. The van der Waals surface area contributed by atoms with Gasteiger partial charge < -0.3 is 9.84 Å². The monoisotopic (exact) mass is 216 g/mol. The number of aliphatic hydroxyl groups excluding tert-OH is 1. The van der Waals surface area contributed by atoms with E-state index in [1.54, 1.807) is 0 Å². The number of esters is 1. The van der Waals surface area contributed by atoms with E-state index in [9.17, 15) is 13.6 Å². The van der Waals surface area contributed by atoms with Crippen molar-refractivity contribution in [1.29, 1.82) is 0 Å². The largest absolute Gasteiger partial charge is 0.465 e. The minimum Gasteiger partial charge on any atom is -0.465 e. The molecule has 0 bridgehead atoms. The molecule has 0 radical (unpaired) electrons. The van der Waals surface area contributed by atoms with E-state index in [0.717, 1.165) is 13.2 Å². The molecule has 1 aromatic carbocycles. The molecule has 15 heavy (non-hydrogen) atoms. The molecule has 1 aromatic rings. The zero-order valence-corrected chi connectivity index (χ0v) is 8.04. The summed E-state index contributed by atoms with van der Waals surface area (Å²) in [6, 6.07) is 3.72. The Bertz CT molecular complexity index is 364. The van der Waals surface area contributed by atoms with Crippen LogP contribution in [-0.2, 0) is 11.3 Å². The van der Waals surface area contributed by atoms with Gasteiger partial charge in [0.25, 0.3) is 6.43 Å². The molecule has 0 fully saturated rings. The van der Waals surface area contributed by atoms with Crippen molar-refractivity contribution in [2.45, 2.75) is 13.0 Å². The van der Waals surface area contributed by atoms with Crippen LogP contribution in [0.25, 0.3) is 0 Å². The average molecular weight is 216 g/mol.